The van der Waals surface area contributed by atoms with E-state index in [9.17, 15) is 19.8 Å². The third-order valence-electron chi connectivity index (χ3n) is 11.4. The van der Waals surface area contributed by atoms with Crippen molar-refractivity contribution in [1.82, 2.24) is 5.32 Å². The second kappa shape index (κ2) is 48.3. The zero-order chi connectivity index (χ0) is 44.5. The summed E-state index contributed by atoms with van der Waals surface area (Å²) in [5.41, 5.74) is 0. The lowest BCUT2D eigenvalue weighted by molar-refractivity contribution is -0.150. The van der Waals surface area contributed by atoms with E-state index in [2.05, 4.69) is 44.3 Å². The first kappa shape index (κ1) is 58.3. The van der Waals surface area contributed by atoms with Crippen LogP contribution >= 0.6 is 0 Å². The molecule has 0 rings (SSSR count). The van der Waals surface area contributed by atoms with Gasteiger partial charge in [0.1, 0.15) is 6.10 Å². The smallest absolute Gasteiger partial charge is 0.306 e. The van der Waals surface area contributed by atoms with Crippen molar-refractivity contribution in [3.8, 4) is 0 Å². The molecule has 3 N–H and O–H groups in total. The molecule has 0 bridgehead atoms. The molecule has 6 heteroatoms. The largest absolute Gasteiger partial charge is 0.461 e. The average Bonchev–Trinajstić information content (AvgIpc) is 3.25. The fourth-order valence-corrected chi connectivity index (χ4v) is 7.51. The first-order chi connectivity index (χ1) is 30.0. The highest BCUT2D eigenvalue weighted by atomic mass is 16.5. The number of unbranched alkanes of at least 4 members (excludes halogenated alkanes) is 26. The van der Waals surface area contributed by atoms with E-state index in [1.165, 1.54) is 148 Å². The summed E-state index contributed by atoms with van der Waals surface area (Å²) in [5.74, 6) is -0.610. The van der Waals surface area contributed by atoms with Gasteiger partial charge in [-0.2, -0.15) is 0 Å². The van der Waals surface area contributed by atoms with E-state index in [1.807, 2.05) is 54.7 Å². The van der Waals surface area contributed by atoms with Crippen LogP contribution in [0.4, 0.5) is 0 Å². The molecule has 0 radical (unpaired) electrons. The van der Waals surface area contributed by atoms with Gasteiger partial charge in [-0.25, -0.2) is 0 Å². The van der Waals surface area contributed by atoms with Crippen LogP contribution in [0, 0.1) is 0 Å². The van der Waals surface area contributed by atoms with E-state index >= 15 is 0 Å². The van der Waals surface area contributed by atoms with Crippen molar-refractivity contribution in [2.24, 2.45) is 0 Å². The van der Waals surface area contributed by atoms with E-state index in [0.29, 0.717) is 19.3 Å². The summed E-state index contributed by atoms with van der Waals surface area (Å²) in [6, 6.07) is -0.741. The van der Waals surface area contributed by atoms with Crippen LogP contribution in [-0.4, -0.2) is 46.9 Å². The highest BCUT2D eigenvalue weighted by Gasteiger charge is 2.23. The number of rotatable bonds is 45. The Hall–Kier alpha value is -2.70. The number of esters is 1. The molecule has 0 saturated heterocycles. The lowest BCUT2D eigenvalue weighted by Gasteiger charge is -2.24. The lowest BCUT2D eigenvalue weighted by Crippen LogP contribution is -2.46. The molecular formula is C55H97NO5. The maximum atomic E-state index is 13.1. The van der Waals surface area contributed by atoms with E-state index in [4.69, 9.17) is 4.74 Å². The molecule has 0 saturated carbocycles. The molecule has 3 atom stereocenters. The standard InChI is InChI=1S/C55H97NO5/c1-4-7-10-13-16-19-22-24-25-26-27-28-29-30-33-36-39-42-45-48-55(60)61-51(46-43-40-37-34-31-21-18-15-12-9-6-3)49-54(59)56-52(50-57)53(58)47-44-41-38-35-32-23-20-17-14-11-8-5-2/h9,12,15,18,21,24-25,31,34,37,40,43,51-53,57-58H,4-8,10-11,13-14,16-17,19-20,22-23,26-30,32-33,35-36,38-39,41-42,44-50H2,1-3H3,(H,56,59)/b12-9+,18-15+,25-24+,31-21-,37-34-,43-40+. The Balaban J connectivity index is 4.59. The maximum Gasteiger partial charge on any atom is 0.306 e. The summed E-state index contributed by atoms with van der Waals surface area (Å²) in [7, 11) is 0. The number of nitrogens with one attached hydrogen (secondary N) is 1. The number of aliphatic hydroxyl groups is 2. The Labute approximate surface area is 377 Å². The summed E-state index contributed by atoms with van der Waals surface area (Å²) in [6.45, 7) is 6.29. The predicted molar refractivity (Wildman–Crippen MR) is 264 cm³/mol. The number of hydrogen-bond acceptors (Lipinski definition) is 5. The van der Waals surface area contributed by atoms with Gasteiger partial charge < -0.3 is 20.3 Å². The second-order valence-electron chi connectivity index (χ2n) is 17.3. The Bertz CT molecular complexity index is 1140. The van der Waals surface area contributed by atoms with Gasteiger partial charge >= 0.3 is 5.97 Å². The van der Waals surface area contributed by atoms with Crippen molar-refractivity contribution >= 4 is 11.9 Å². The van der Waals surface area contributed by atoms with Gasteiger partial charge in [0, 0.05) is 12.8 Å². The Morgan fingerprint density at radius 2 is 0.918 bits per heavy atom. The molecule has 0 spiro atoms. The number of amides is 1. The van der Waals surface area contributed by atoms with Crippen LogP contribution in [0.25, 0.3) is 0 Å². The molecule has 352 valence electrons. The molecule has 1 amide bonds. The highest BCUT2D eigenvalue weighted by Crippen LogP contribution is 2.16. The Morgan fingerprint density at radius 1 is 0.508 bits per heavy atom. The molecule has 0 heterocycles. The zero-order valence-electron chi connectivity index (χ0n) is 40.0. The van der Waals surface area contributed by atoms with Gasteiger partial charge in [0.25, 0.3) is 0 Å². The van der Waals surface area contributed by atoms with Gasteiger partial charge in [0.15, 0.2) is 0 Å². The van der Waals surface area contributed by atoms with Crippen molar-refractivity contribution in [3.63, 3.8) is 0 Å². The average molecular weight is 852 g/mol. The second-order valence-corrected chi connectivity index (χ2v) is 17.3. The first-order valence-electron chi connectivity index (χ1n) is 25.7. The lowest BCUT2D eigenvalue weighted by atomic mass is 10.0. The predicted octanol–water partition coefficient (Wildman–Crippen LogP) is 15.4. The van der Waals surface area contributed by atoms with Crippen LogP contribution in [0.5, 0.6) is 0 Å². The van der Waals surface area contributed by atoms with Crippen LogP contribution in [-0.2, 0) is 14.3 Å². The molecule has 3 unspecified atom stereocenters. The van der Waals surface area contributed by atoms with Crippen molar-refractivity contribution in [1.29, 1.82) is 0 Å². The van der Waals surface area contributed by atoms with Crippen LogP contribution < -0.4 is 5.32 Å². The Morgan fingerprint density at radius 3 is 1.38 bits per heavy atom. The highest BCUT2D eigenvalue weighted by molar-refractivity contribution is 5.77. The van der Waals surface area contributed by atoms with Gasteiger partial charge in [0.2, 0.25) is 5.91 Å². The molecular weight excluding hydrogens is 755 g/mol. The monoisotopic (exact) mass is 852 g/mol. The van der Waals surface area contributed by atoms with Crippen LogP contribution in [0.3, 0.4) is 0 Å². The molecule has 0 aromatic rings. The number of carbonyl (C=O) groups is 2. The molecule has 61 heavy (non-hydrogen) atoms. The molecule has 0 aromatic heterocycles. The molecule has 0 aliphatic heterocycles. The number of allylic oxidation sites excluding steroid dienone is 11. The zero-order valence-corrected chi connectivity index (χ0v) is 40.0. The third kappa shape index (κ3) is 43.7. The van der Waals surface area contributed by atoms with E-state index < -0.39 is 18.2 Å². The van der Waals surface area contributed by atoms with Crippen LogP contribution in [0.1, 0.15) is 239 Å². The number of aliphatic hydroxyl groups excluding tert-OH is 2. The molecule has 0 fully saturated rings. The van der Waals surface area contributed by atoms with E-state index in [0.717, 1.165) is 44.9 Å². The van der Waals surface area contributed by atoms with E-state index in [1.54, 1.807) is 0 Å². The Kier molecular flexibility index (Phi) is 46.2. The minimum Gasteiger partial charge on any atom is -0.461 e. The quantitative estimate of drug-likeness (QED) is 0.0245. The summed E-state index contributed by atoms with van der Waals surface area (Å²) in [4.78, 5) is 26.0. The fourth-order valence-electron chi connectivity index (χ4n) is 7.51. The third-order valence-corrected chi connectivity index (χ3v) is 11.4. The summed E-state index contributed by atoms with van der Waals surface area (Å²) < 4.78 is 5.84. The van der Waals surface area contributed by atoms with E-state index in [-0.39, 0.29) is 24.9 Å². The van der Waals surface area contributed by atoms with Gasteiger partial charge in [-0.05, 0) is 44.9 Å². The molecule has 0 aromatic carbocycles. The van der Waals surface area contributed by atoms with Crippen molar-refractivity contribution < 1.29 is 24.5 Å². The molecule has 6 nitrogen and oxygen atoms in total. The van der Waals surface area contributed by atoms with Crippen LogP contribution in [0.2, 0.25) is 0 Å². The van der Waals surface area contributed by atoms with Crippen molar-refractivity contribution in [2.45, 2.75) is 257 Å². The van der Waals surface area contributed by atoms with Gasteiger partial charge in [0.05, 0.1) is 25.2 Å². The summed E-state index contributed by atoms with van der Waals surface area (Å²) in [5, 5.41) is 23.7. The van der Waals surface area contributed by atoms with Crippen molar-refractivity contribution in [2.75, 3.05) is 6.61 Å². The van der Waals surface area contributed by atoms with Gasteiger partial charge in [-0.3, -0.25) is 9.59 Å². The number of ether oxygens (including phenoxy) is 1. The fraction of sp³-hybridized carbons (Fsp3) is 0.745. The van der Waals surface area contributed by atoms with Crippen LogP contribution in [0.15, 0.2) is 72.9 Å². The topological polar surface area (TPSA) is 95.9 Å². The number of hydrogen-bond donors (Lipinski definition) is 3. The summed E-state index contributed by atoms with van der Waals surface area (Å²) >= 11 is 0. The normalized spacial score (nSPS) is 13.9. The van der Waals surface area contributed by atoms with Gasteiger partial charge in [-0.15, -0.1) is 0 Å². The van der Waals surface area contributed by atoms with Crippen molar-refractivity contribution in [3.05, 3.63) is 72.9 Å². The SMILES string of the molecule is CC/C=C/C=C/C=C\C=C/C=C/CC(CC(=O)NC(CO)C(O)CCCCCCCCCCCCCC)OC(=O)CCCCCCCCCCC/C=C/CCCCCCCC. The first-order valence-corrected chi connectivity index (χ1v) is 25.7. The molecule has 0 aliphatic carbocycles. The minimum absolute atomic E-state index is 0.0208. The minimum atomic E-state index is -0.819. The maximum absolute atomic E-state index is 13.1. The van der Waals surface area contributed by atoms with Gasteiger partial charge in [-0.1, -0.05) is 248 Å². The summed E-state index contributed by atoms with van der Waals surface area (Å²) in [6.07, 6.45) is 61.4. The number of carbonyl (C=O) groups excluding carboxylic acids is 2. The molecule has 0 aliphatic rings.